The maximum absolute atomic E-state index is 5.93. The number of hydrogen-bond acceptors (Lipinski definition) is 2. The summed E-state index contributed by atoms with van der Waals surface area (Å²) in [5, 5.41) is 0. The molecule has 0 atom stereocenters. The lowest BCUT2D eigenvalue weighted by atomic mass is 9.86. The summed E-state index contributed by atoms with van der Waals surface area (Å²) in [6.45, 7) is 11.0. The highest BCUT2D eigenvalue weighted by Crippen LogP contribution is 2.30. The number of rotatable bonds is 2. The fourth-order valence-electron chi connectivity index (χ4n) is 2.02. The van der Waals surface area contributed by atoms with Crippen LogP contribution < -0.4 is 0 Å². The normalized spacial score (nSPS) is 12.6. The third-order valence-corrected chi connectivity index (χ3v) is 2.85. The second-order valence-electron chi connectivity index (χ2n) is 6.11. The van der Waals surface area contributed by atoms with Crippen LogP contribution in [0.1, 0.15) is 46.1 Å². The number of nitrogens with zero attached hydrogens (tertiary/aromatic N) is 1. The van der Waals surface area contributed by atoms with Gasteiger partial charge in [-0.15, -0.1) is 0 Å². The van der Waals surface area contributed by atoms with Gasteiger partial charge in [0, 0.05) is 12.0 Å². The third kappa shape index (κ3) is 2.51. The quantitative estimate of drug-likeness (QED) is 0.769. The Hall–Kier alpha value is -1.31. The van der Waals surface area contributed by atoms with Gasteiger partial charge >= 0.3 is 0 Å². The molecular weight excluding hydrogens is 210 g/mol. The largest absolute Gasteiger partial charge is 0.440 e. The van der Waals surface area contributed by atoms with Crippen LogP contribution in [0.5, 0.6) is 0 Å². The third-order valence-electron chi connectivity index (χ3n) is 2.85. The van der Waals surface area contributed by atoms with Crippen LogP contribution in [0.15, 0.2) is 22.6 Å². The molecule has 0 N–H and O–H groups in total. The van der Waals surface area contributed by atoms with E-state index in [-0.39, 0.29) is 5.41 Å². The molecule has 2 rings (SSSR count). The first-order valence-electron chi connectivity index (χ1n) is 6.27. The Morgan fingerprint density at radius 2 is 1.94 bits per heavy atom. The molecule has 0 spiro atoms. The van der Waals surface area contributed by atoms with Crippen molar-refractivity contribution in [1.29, 1.82) is 0 Å². The lowest BCUT2D eigenvalue weighted by Gasteiger charge is -2.18. The van der Waals surface area contributed by atoms with Crippen LogP contribution in [0.3, 0.4) is 0 Å². The minimum Gasteiger partial charge on any atom is -0.440 e. The molecule has 1 aromatic carbocycles. The van der Waals surface area contributed by atoms with Crippen LogP contribution in [-0.4, -0.2) is 4.98 Å². The molecular formula is C15H21NO. The predicted octanol–water partition coefficient (Wildman–Crippen LogP) is 4.32. The molecule has 0 radical (unpaired) electrons. The van der Waals surface area contributed by atoms with Crippen molar-refractivity contribution >= 4 is 11.1 Å². The number of benzene rings is 1. The van der Waals surface area contributed by atoms with E-state index in [1.165, 1.54) is 5.56 Å². The van der Waals surface area contributed by atoms with Gasteiger partial charge in [-0.25, -0.2) is 4.98 Å². The van der Waals surface area contributed by atoms with Crippen LogP contribution in [0.25, 0.3) is 11.1 Å². The van der Waals surface area contributed by atoms with Gasteiger partial charge in [-0.3, -0.25) is 0 Å². The van der Waals surface area contributed by atoms with Gasteiger partial charge in [-0.05, 0) is 17.4 Å². The fourth-order valence-corrected chi connectivity index (χ4v) is 2.02. The minimum atomic E-state index is 0.0914. The van der Waals surface area contributed by atoms with Crippen LogP contribution in [0.2, 0.25) is 0 Å². The summed E-state index contributed by atoms with van der Waals surface area (Å²) < 4.78 is 5.93. The molecule has 92 valence electrons. The summed E-state index contributed by atoms with van der Waals surface area (Å²) in [6, 6.07) is 6.22. The van der Waals surface area contributed by atoms with Crippen molar-refractivity contribution < 1.29 is 4.42 Å². The van der Waals surface area contributed by atoms with E-state index in [0.717, 1.165) is 23.4 Å². The lowest BCUT2D eigenvalue weighted by molar-refractivity contribution is 0.474. The first kappa shape index (κ1) is 12.2. The zero-order chi connectivity index (χ0) is 12.6. The Kier molecular flexibility index (Phi) is 2.98. The van der Waals surface area contributed by atoms with Gasteiger partial charge in [0.2, 0.25) is 0 Å². The first-order chi connectivity index (χ1) is 7.88. The van der Waals surface area contributed by atoms with Crippen molar-refractivity contribution in [2.24, 2.45) is 5.92 Å². The standard InChI is InChI=1S/C15H21NO/c1-10(2)9-13-16-12-8-6-7-11(14(12)17-13)15(3,4)5/h6-8,10H,9H2,1-5H3. The number of fused-ring (bicyclic) bond motifs is 1. The van der Waals surface area contributed by atoms with Crippen LogP contribution in [0.4, 0.5) is 0 Å². The molecule has 0 fully saturated rings. The lowest BCUT2D eigenvalue weighted by Crippen LogP contribution is -2.10. The second kappa shape index (κ2) is 4.17. The fraction of sp³-hybridized carbons (Fsp3) is 0.533. The second-order valence-corrected chi connectivity index (χ2v) is 6.11. The number of oxazole rings is 1. The summed E-state index contributed by atoms with van der Waals surface area (Å²) in [5.74, 6) is 1.42. The van der Waals surface area contributed by atoms with Crippen molar-refractivity contribution in [2.75, 3.05) is 0 Å². The van der Waals surface area contributed by atoms with Crippen molar-refractivity contribution in [3.63, 3.8) is 0 Å². The van der Waals surface area contributed by atoms with E-state index < -0.39 is 0 Å². The maximum Gasteiger partial charge on any atom is 0.195 e. The number of para-hydroxylation sites is 1. The molecule has 2 heteroatoms. The Morgan fingerprint density at radius 3 is 2.53 bits per heavy atom. The Bertz CT molecular complexity index is 517. The average Bonchev–Trinajstić information content (AvgIpc) is 2.55. The summed E-state index contributed by atoms with van der Waals surface area (Å²) in [7, 11) is 0. The molecule has 2 nitrogen and oxygen atoms in total. The van der Waals surface area contributed by atoms with Crippen molar-refractivity contribution in [1.82, 2.24) is 4.98 Å². The molecule has 0 bridgehead atoms. The van der Waals surface area contributed by atoms with E-state index in [0.29, 0.717) is 5.92 Å². The summed E-state index contributed by atoms with van der Waals surface area (Å²) in [6.07, 6.45) is 0.901. The van der Waals surface area contributed by atoms with E-state index in [2.05, 4.69) is 51.7 Å². The van der Waals surface area contributed by atoms with E-state index in [1.54, 1.807) is 0 Å². The van der Waals surface area contributed by atoms with Crippen LogP contribution >= 0.6 is 0 Å². The minimum absolute atomic E-state index is 0.0914. The van der Waals surface area contributed by atoms with Gasteiger partial charge in [0.1, 0.15) is 5.52 Å². The number of aromatic nitrogens is 1. The predicted molar refractivity (Wildman–Crippen MR) is 71.3 cm³/mol. The Balaban J connectivity index is 2.53. The monoisotopic (exact) mass is 231 g/mol. The molecule has 1 aromatic heterocycles. The SMILES string of the molecule is CC(C)Cc1nc2cccc(C(C)(C)C)c2o1. The highest BCUT2D eigenvalue weighted by molar-refractivity contribution is 5.77. The van der Waals surface area contributed by atoms with Crippen LogP contribution in [0, 0.1) is 5.92 Å². The molecule has 0 unspecified atom stereocenters. The topological polar surface area (TPSA) is 26.0 Å². The van der Waals surface area contributed by atoms with Gasteiger partial charge < -0.3 is 4.42 Å². The van der Waals surface area contributed by atoms with Gasteiger partial charge in [-0.1, -0.05) is 46.8 Å². The smallest absolute Gasteiger partial charge is 0.195 e. The Morgan fingerprint density at radius 1 is 1.24 bits per heavy atom. The van der Waals surface area contributed by atoms with Gasteiger partial charge in [0.15, 0.2) is 11.5 Å². The molecule has 0 aliphatic carbocycles. The molecule has 2 aromatic rings. The molecule has 1 heterocycles. The molecule has 0 aliphatic heterocycles. The van der Waals surface area contributed by atoms with Crippen molar-refractivity contribution in [3.8, 4) is 0 Å². The van der Waals surface area contributed by atoms with Gasteiger partial charge in [-0.2, -0.15) is 0 Å². The summed E-state index contributed by atoms with van der Waals surface area (Å²) in [4.78, 5) is 4.56. The van der Waals surface area contributed by atoms with Gasteiger partial charge in [0.05, 0.1) is 0 Å². The summed E-state index contributed by atoms with van der Waals surface area (Å²) in [5.41, 5.74) is 3.26. The number of hydrogen-bond donors (Lipinski definition) is 0. The molecule has 0 saturated carbocycles. The van der Waals surface area contributed by atoms with E-state index >= 15 is 0 Å². The summed E-state index contributed by atoms with van der Waals surface area (Å²) >= 11 is 0. The highest BCUT2D eigenvalue weighted by Gasteiger charge is 2.20. The van der Waals surface area contributed by atoms with E-state index in [4.69, 9.17) is 4.42 Å². The van der Waals surface area contributed by atoms with Crippen LogP contribution in [-0.2, 0) is 11.8 Å². The first-order valence-corrected chi connectivity index (χ1v) is 6.27. The molecule has 0 amide bonds. The van der Waals surface area contributed by atoms with Crippen molar-refractivity contribution in [2.45, 2.75) is 46.5 Å². The zero-order valence-electron chi connectivity index (χ0n) is 11.4. The van der Waals surface area contributed by atoms with E-state index in [9.17, 15) is 0 Å². The highest BCUT2D eigenvalue weighted by atomic mass is 16.3. The van der Waals surface area contributed by atoms with Crippen molar-refractivity contribution in [3.05, 3.63) is 29.7 Å². The molecule has 17 heavy (non-hydrogen) atoms. The average molecular weight is 231 g/mol. The zero-order valence-corrected chi connectivity index (χ0v) is 11.4. The molecule has 0 saturated heterocycles. The molecule has 0 aliphatic rings. The Labute approximate surface area is 103 Å². The van der Waals surface area contributed by atoms with E-state index in [1.807, 2.05) is 6.07 Å². The maximum atomic E-state index is 5.93. The van der Waals surface area contributed by atoms with Gasteiger partial charge in [0.25, 0.3) is 0 Å².